The topological polar surface area (TPSA) is 44.8 Å². The van der Waals surface area contributed by atoms with Gasteiger partial charge in [0, 0.05) is 18.8 Å². The molecule has 0 saturated heterocycles. The molecule has 0 rings (SSSR count). The molecule has 0 aliphatic heterocycles. The summed E-state index contributed by atoms with van der Waals surface area (Å²) >= 11 is 0. The number of hydrogen-bond donors (Lipinski definition) is 0. The Morgan fingerprint density at radius 2 is 2.00 bits per heavy atom. The van der Waals surface area contributed by atoms with Crippen molar-refractivity contribution in [3.05, 3.63) is 12.2 Å². The van der Waals surface area contributed by atoms with Crippen molar-refractivity contribution in [3.8, 4) is 0 Å². The van der Waals surface area contributed by atoms with Gasteiger partial charge in [0.05, 0.1) is 6.61 Å². The summed E-state index contributed by atoms with van der Waals surface area (Å²) in [7, 11) is -2.02. The highest BCUT2D eigenvalue weighted by Crippen LogP contribution is 2.11. The van der Waals surface area contributed by atoms with E-state index in [2.05, 4.69) is 19.7 Å². The molecule has 0 fully saturated rings. The van der Waals surface area contributed by atoms with Crippen LogP contribution in [0.1, 0.15) is 20.3 Å². The maximum Gasteiger partial charge on any atom is 0.333 e. The van der Waals surface area contributed by atoms with Crippen molar-refractivity contribution in [1.29, 1.82) is 0 Å². The molecule has 112 valence electrons. The van der Waals surface area contributed by atoms with E-state index in [0.717, 1.165) is 31.7 Å². The van der Waals surface area contributed by atoms with Crippen molar-refractivity contribution in [3.63, 3.8) is 0 Å². The van der Waals surface area contributed by atoms with Crippen LogP contribution in [0.3, 0.4) is 0 Å². The SMILES string of the molecule is C=C(C)C(=O)OCCC[SiH2]O[Si](C)(C)CCOCC. The van der Waals surface area contributed by atoms with Gasteiger partial charge in [-0.15, -0.1) is 0 Å². The van der Waals surface area contributed by atoms with Crippen LogP contribution in [0.4, 0.5) is 0 Å². The highest BCUT2D eigenvalue weighted by atomic mass is 28.4. The van der Waals surface area contributed by atoms with Gasteiger partial charge in [0.25, 0.3) is 0 Å². The maximum atomic E-state index is 11.1. The highest BCUT2D eigenvalue weighted by Gasteiger charge is 2.21. The summed E-state index contributed by atoms with van der Waals surface area (Å²) in [5, 5.41) is 0. The van der Waals surface area contributed by atoms with E-state index in [9.17, 15) is 4.79 Å². The van der Waals surface area contributed by atoms with Crippen LogP contribution in [0.15, 0.2) is 12.2 Å². The van der Waals surface area contributed by atoms with Crippen molar-refractivity contribution in [2.45, 2.75) is 45.5 Å². The quantitative estimate of drug-likeness (QED) is 0.254. The zero-order valence-electron chi connectivity index (χ0n) is 12.8. The van der Waals surface area contributed by atoms with Crippen molar-refractivity contribution in [2.75, 3.05) is 19.8 Å². The lowest BCUT2D eigenvalue weighted by Crippen LogP contribution is -2.33. The second-order valence-corrected chi connectivity index (χ2v) is 11.5. The Labute approximate surface area is 120 Å². The van der Waals surface area contributed by atoms with E-state index < -0.39 is 18.1 Å². The summed E-state index contributed by atoms with van der Waals surface area (Å²) in [6.45, 7) is 13.7. The predicted molar refractivity (Wildman–Crippen MR) is 83.6 cm³/mol. The van der Waals surface area contributed by atoms with Crippen LogP contribution in [0.2, 0.25) is 25.2 Å². The summed E-state index contributed by atoms with van der Waals surface area (Å²) < 4.78 is 16.5. The Kier molecular flexibility index (Phi) is 10.1. The molecule has 0 aromatic heterocycles. The molecule has 4 nitrogen and oxygen atoms in total. The van der Waals surface area contributed by atoms with Crippen LogP contribution >= 0.6 is 0 Å². The van der Waals surface area contributed by atoms with Gasteiger partial charge in [0.2, 0.25) is 0 Å². The van der Waals surface area contributed by atoms with Crippen LogP contribution < -0.4 is 0 Å². The fourth-order valence-electron chi connectivity index (χ4n) is 1.38. The molecular formula is C13H28O4Si2. The average Bonchev–Trinajstić information content (AvgIpc) is 2.33. The Hall–Kier alpha value is -0.436. The normalized spacial score (nSPS) is 12.0. The monoisotopic (exact) mass is 304 g/mol. The minimum absolute atomic E-state index is 0.297. The van der Waals surface area contributed by atoms with E-state index in [1.165, 1.54) is 0 Å². The summed E-state index contributed by atoms with van der Waals surface area (Å²) in [4.78, 5) is 11.1. The van der Waals surface area contributed by atoms with Crippen LogP contribution in [-0.2, 0) is 18.4 Å². The summed E-state index contributed by atoms with van der Waals surface area (Å²) in [5.41, 5.74) is 0.456. The first-order valence-corrected chi connectivity index (χ1v) is 11.6. The summed E-state index contributed by atoms with van der Waals surface area (Å²) in [5.74, 6) is -0.297. The van der Waals surface area contributed by atoms with E-state index >= 15 is 0 Å². The van der Waals surface area contributed by atoms with Crippen molar-refractivity contribution < 1.29 is 18.4 Å². The largest absolute Gasteiger partial charge is 0.462 e. The molecule has 0 N–H and O–H groups in total. The second-order valence-electron chi connectivity index (χ2n) is 5.18. The number of hydrogen-bond acceptors (Lipinski definition) is 4. The molecule has 0 saturated carbocycles. The zero-order chi connectivity index (χ0) is 14.7. The van der Waals surface area contributed by atoms with Gasteiger partial charge in [-0.3, -0.25) is 0 Å². The van der Waals surface area contributed by atoms with E-state index in [1.807, 2.05) is 6.92 Å². The summed E-state index contributed by atoms with van der Waals surface area (Å²) in [6.07, 6.45) is 0.890. The number of esters is 1. The number of ether oxygens (including phenoxy) is 2. The molecule has 6 heteroatoms. The Morgan fingerprint density at radius 3 is 2.58 bits per heavy atom. The first-order valence-electron chi connectivity index (χ1n) is 6.93. The first-order chi connectivity index (χ1) is 8.89. The predicted octanol–water partition coefficient (Wildman–Crippen LogP) is 2.26. The lowest BCUT2D eigenvalue weighted by atomic mass is 10.4. The van der Waals surface area contributed by atoms with Gasteiger partial charge in [-0.1, -0.05) is 6.58 Å². The highest BCUT2D eigenvalue weighted by molar-refractivity contribution is 6.75. The summed E-state index contributed by atoms with van der Waals surface area (Å²) in [6, 6.07) is 2.10. The van der Waals surface area contributed by atoms with Crippen molar-refractivity contribution >= 4 is 24.0 Å². The van der Waals surface area contributed by atoms with Gasteiger partial charge in [-0.2, -0.15) is 0 Å². The van der Waals surface area contributed by atoms with E-state index in [-0.39, 0.29) is 5.97 Å². The number of carbonyl (C=O) groups excluding carboxylic acids is 1. The van der Waals surface area contributed by atoms with E-state index in [4.69, 9.17) is 13.6 Å². The van der Waals surface area contributed by atoms with E-state index in [1.54, 1.807) is 6.92 Å². The molecule has 0 spiro atoms. The molecule has 0 aliphatic carbocycles. The maximum absolute atomic E-state index is 11.1. The van der Waals surface area contributed by atoms with Crippen LogP contribution in [0, 0.1) is 0 Å². The second kappa shape index (κ2) is 10.4. The minimum Gasteiger partial charge on any atom is -0.462 e. The minimum atomic E-state index is -1.53. The lowest BCUT2D eigenvalue weighted by molar-refractivity contribution is -0.138. The number of carbonyl (C=O) groups is 1. The zero-order valence-corrected chi connectivity index (χ0v) is 15.2. The fourth-order valence-corrected chi connectivity index (χ4v) is 5.78. The van der Waals surface area contributed by atoms with Crippen LogP contribution in [0.25, 0.3) is 0 Å². The molecule has 0 heterocycles. The Bertz CT molecular complexity index is 280. The first kappa shape index (κ1) is 18.6. The molecule has 0 atom stereocenters. The average molecular weight is 305 g/mol. The Balaban J connectivity index is 3.52. The van der Waals surface area contributed by atoms with Gasteiger partial charge in [-0.25, -0.2) is 4.79 Å². The van der Waals surface area contributed by atoms with Crippen molar-refractivity contribution in [1.82, 2.24) is 0 Å². The van der Waals surface area contributed by atoms with Crippen molar-refractivity contribution in [2.24, 2.45) is 0 Å². The number of rotatable bonds is 11. The molecule has 0 aromatic rings. The fraction of sp³-hybridized carbons (Fsp3) is 0.769. The molecule has 0 radical (unpaired) electrons. The third-order valence-electron chi connectivity index (χ3n) is 2.67. The van der Waals surface area contributed by atoms with Crippen LogP contribution in [-0.4, -0.2) is 43.9 Å². The molecule has 0 amide bonds. The van der Waals surface area contributed by atoms with Gasteiger partial charge >= 0.3 is 5.97 Å². The van der Waals surface area contributed by atoms with E-state index in [0.29, 0.717) is 12.2 Å². The smallest absolute Gasteiger partial charge is 0.333 e. The molecule has 0 aromatic carbocycles. The van der Waals surface area contributed by atoms with Gasteiger partial charge in [0.15, 0.2) is 8.32 Å². The molecule has 19 heavy (non-hydrogen) atoms. The van der Waals surface area contributed by atoms with Crippen LogP contribution in [0.5, 0.6) is 0 Å². The van der Waals surface area contributed by atoms with Gasteiger partial charge < -0.3 is 13.6 Å². The lowest BCUT2D eigenvalue weighted by Gasteiger charge is -2.23. The van der Waals surface area contributed by atoms with Gasteiger partial charge in [-0.05, 0) is 45.5 Å². The molecular weight excluding hydrogens is 276 g/mol. The molecule has 0 unspecified atom stereocenters. The third kappa shape index (κ3) is 11.1. The standard InChI is InChI=1S/C13H28O4Si2/c1-6-15-9-11-19(4,5)17-18-10-7-8-16-13(14)12(2)3/h2,6-11,18H2,1,3-5H3. The third-order valence-corrected chi connectivity index (χ3v) is 8.80. The van der Waals surface area contributed by atoms with Gasteiger partial charge in [0.1, 0.15) is 9.76 Å². The molecule has 0 aliphatic rings. The molecule has 0 bridgehead atoms. The Morgan fingerprint density at radius 1 is 1.32 bits per heavy atom.